The Morgan fingerprint density at radius 2 is 2.04 bits per heavy atom. The summed E-state index contributed by atoms with van der Waals surface area (Å²) in [5.41, 5.74) is 5.35. The fourth-order valence-electron chi connectivity index (χ4n) is 3.25. The van der Waals surface area contributed by atoms with E-state index >= 15 is 0 Å². The van der Waals surface area contributed by atoms with Gasteiger partial charge in [-0.15, -0.1) is 0 Å². The van der Waals surface area contributed by atoms with Crippen LogP contribution in [0.15, 0.2) is 28.8 Å². The van der Waals surface area contributed by atoms with Crippen LogP contribution in [0.5, 0.6) is 5.75 Å². The third kappa shape index (κ3) is 3.10. The van der Waals surface area contributed by atoms with Crippen LogP contribution >= 0.6 is 0 Å². The molecule has 1 unspecified atom stereocenters. The molecule has 3 N–H and O–H groups in total. The number of anilines is 1. The first-order valence-electron chi connectivity index (χ1n) is 8.28. The minimum absolute atomic E-state index is 0.0242. The van der Waals surface area contributed by atoms with Crippen molar-refractivity contribution in [2.75, 3.05) is 25.1 Å². The number of piperidine rings is 1. The summed E-state index contributed by atoms with van der Waals surface area (Å²) < 4.78 is 10.5. The molecule has 1 saturated heterocycles. The summed E-state index contributed by atoms with van der Waals surface area (Å²) in [4.78, 5) is 25.4. The summed E-state index contributed by atoms with van der Waals surface area (Å²) in [6, 6.07) is 6.85. The van der Waals surface area contributed by atoms with Crippen LogP contribution in [0.4, 0.5) is 5.82 Å². The molecule has 1 amide bonds. The van der Waals surface area contributed by atoms with E-state index in [4.69, 9.17) is 15.0 Å². The Kier molecular flexibility index (Phi) is 4.58. The number of ether oxygens (including phenoxy) is 1. The number of hydrogen-bond donors (Lipinski definition) is 2. The fraction of sp³-hybridized carbons (Fsp3) is 0.389. The number of primary amides is 1. The van der Waals surface area contributed by atoms with E-state index in [0.29, 0.717) is 37.2 Å². The van der Waals surface area contributed by atoms with Crippen molar-refractivity contribution in [2.45, 2.75) is 19.8 Å². The number of rotatable bonds is 5. The third-order valence-electron chi connectivity index (χ3n) is 4.83. The van der Waals surface area contributed by atoms with E-state index in [1.807, 2.05) is 0 Å². The zero-order chi connectivity index (χ0) is 18.9. The second kappa shape index (κ2) is 6.70. The number of carboxylic acids is 1. The molecular formula is C18H21N3O5. The predicted octanol–water partition coefficient (Wildman–Crippen LogP) is 2.14. The molecule has 1 aromatic heterocycles. The van der Waals surface area contributed by atoms with Crippen LogP contribution in [0, 0.1) is 5.41 Å². The van der Waals surface area contributed by atoms with E-state index in [0.717, 1.165) is 0 Å². The lowest BCUT2D eigenvalue weighted by Gasteiger charge is -2.38. The number of nitrogens with zero attached hydrogens (tertiary/aromatic N) is 2. The highest BCUT2D eigenvalue weighted by Gasteiger charge is 2.39. The normalized spacial score (nSPS) is 20.0. The van der Waals surface area contributed by atoms with Gasteiger partial charge < -0.3 is 25.0 Å². The number of carbonyl (C=O) groups excluding carboxylic acids is 1. The van der Waals surface area contributed by atoms with Crippen molar-refractivity contribution >= 4 is 17.7 Å². The first-order chi connectivity index (χ1) is 12.4. The summed E-state index contributed by atoms with van der Waals surface area (Å²) in [7, 11) is 1.55. The SMILES string of the molecule is COc1ccc(-c2onc(N3CCCC(C)(C(N)=O)C3)c2C(=O)O)cc1. The zero-order valence-corrected chi connectivity index (χ0v) is 14.7. The predicted molar refractivity (Wildman–Crippen MR) is 94.2 cm³/mol. The molecule has 1 aliphatic rings. The van der Waals surface area contributed by atoms with Gasteiger partial charge in [0.05, 0.1) is 12.5 Å². The van der Waals surface area contributed by atoms with Gasteiger partial charge >= 0.3 is 5.97 Å². The monoisotopic (exact) mass is 359 g/mol. The molecule has 0 spiro atoms. The molecule has 1 aromatic carbocycles. The van der Waals surface area contributed by atoms with Crippen LogP contribution in [-0.4, -0.2) is 42.3 Å². The molecule has 0 bridgehead atoms. The number of aromatic carboxylic acids is 1. The molecule has 8 heteroatoms. The van der Waals surface area contributed by atoms with E-state index in [-0.39, 0.29) is 17.1 Å². The second-order valence-corrected chi connectivity index (χ2v) is 6.69. The number of benzene rings is 1. The highest BCUT2D eigenvalue weighted by atomic mass is 16.5. The van der Waals surface area contributed by atoms with Crippen LogP contribution in [-0.2, 0) is 4.79 Å². The van der Waals surface area contributed by atoms with Crippen molar-refractivity contribution in [2.24, 2.45) is 11.1 Å². The maximum absolute atomic E-state index is 11.9. The van der Waals surface area contributed by atoms with E-state index in [9.17, 15) is 14.7 Å². The standard InChI is InChI=1S/C18H21N3O5/c1-18(17(19)24)8-3-9-21(10-18)15-13(16(22)23)14(26-20-15)11-4-6-12(25-2)7-5-11/h4-7H,3,8-10H2,1-2H3,(H2,19,24)(H,22,23). The summed E-state index contributed by atoms with van der Waals surface area (Å²) in [6.07, 6.45) is 1.37. The van der Waals surface area contributed by atoms with Gasteiger partial charge in [-0.2, -0.15) is 0 Å². The van der Waals surface area contributed by atoms with Crippen molar-refractivity contribution < 1.29 is 24.0 Å². The number of amides is 1. The van der Waals surface area contributed by atoms with Crippen molar-refractivity contribution in [3.63, 3.8) is 0 Å². The van der Waals surface area contributed by atoms with Crippen molar-refractivity contribution in [3.8, 4) is 17.1 Å². The first-order valence-corrected chi connectivity index (χ1v) is 8.28. The molecule has 8 nitrogen and oxygen atoms in total. The molecule has 2 heterocycles. The van der Waals surface area contributed by atoms with Crippen LogP contribution in [0.2, 0.25) is 0 Å². The molecule has 1 atom stereocenters. The van der Waals surface area contributed by atoms with Gasteiger partial charge in [-0.3, -0.25) is 4.79 Å². The Bertz CT molecular complexity index is 830. The van der Waals surface area contributed by atoms with Crippen molar-refractivity contribution in [1.82, 2.24) is 5.16 Å². The molecule has 1 fully saturated rings. The maximum atomic E-state index is 11.9. The molecule has 0 aliphatic carbocycles. The van der Waals surface area contributed by atoms with E-state index in [2.05, 4.69) is 5.16 Å². The largest absolute Gasteiger partial charge is 0.497 e. The minimum atomic E-state index is -1.14. The Morgan fingerprint density at radius 1 is 1.35 bits per heavy atom. The maximum Gasteiger partial charge on any atom is 0.343 e. The van der Waals surface area contributed by atoms with Crippen LogP contribution in [0.1, 0.15) is 30.1 Å². The van der Waals surface area contributed by atoms with Crippen LogP contribution in [0.3, 0.4) is 0 Å². The highest BCUT2D eigenvalue weighted by Crippen LogP contribution is 2.37. The summed E-state index contributed by atoms with van der Waals surface area (Å²) in [5, 5.41) is 13.7. The van der Waals surface area contributed by atoms with Crippen LogP contribution < -0.4 is 15.4 Å². The van der Waals surface area contributed by atoms with Crippen LogP contribution in [0.25, 0.3) is 11.3 Å². The number of methoxy groups -OCH3 is 1. The quantitative estimate of drug-likeness (QED) is 0.839. The lowest BCUT2D eigenvalue weighted by atomic mass is 9.81. The molecule has 0 radical (unpaired) electrons. The van der Waals surface area contributed by atoms with Gasteiger partial charge in [-0.25, -0.2) is 4.79 Å². The lowest BCUT2D eigenvalue weighted by Crippen LogP contribution is -2.49. The average Bonchev–Trinajstić information content (AvgIpc) is 3.07. The zero-order valence-electron chi connectivity index (χ0n) is 14.7. The molecule has 3 rings (SSSR count). The van der Waals surface area contributed by atoms with E-state index < -0.39 is 17.3 Å². The number of nitrogens with two attached hydrogens (primary N) is 1. The Morgan fingerprint density at radius 3 is 2.62 bits per heavy atom. The van der Waals surface area contributed by atoms with Crippen molar-refractivity contribution in [1.29, 1.82) is 0 Å². The second-order valence-electron chi connectivity index (χ2n) is 6.69. The average molecular weight is 359 g/mol. The van der Waals surface area contributed by atoms with Gasteiger partial charge in [0, 0.05) is 18.7 Å². The molecule has 1 aliphatic heterocycles. The van der Waals surface area contributed by atoms with Gasteiger partial charge in [-0.05, 0) is 44.0 Å². The number of hydrogen-bond acceptors (Lipinski definition) is 6. The smallest absolute Gasteiger partial charge is 0.343 e. The molecular weight excluding hydrogens is 338 g/mol. The summed E-state index contributed by atoms with van der Waals surface area (Å²) in [5.74, 6) is -0.507. The van der Waals surface area contributed by atoms with Gasteiger partial charge in [0.25, 0.3) is 0 Å². The summed E-state index contributed by atoms with van der Waals surface area (Å²) in [6.45, 7) is 2.67. The van der Waals surface area contributed by atoms with Gasteiger partial charge in [0.2, 0.25) is 5.91 Å². The lowest BCUT2D eigenvalue weighted by molar-refractivity contribution is -0.127. The molecule has 0 saturated carbocycles. The van der Waals surface area contributed by atoms with Gasteiger partial charge in [0.1, 0.15) is 5.75 Å². The Labute approximate surface area is 150 Å². The number of aromatic nitrogens is 1. The Balaban J connectivity index is 1.99. The van der Waals surface area contributed by atoms with Crippen molar-refractivity contribution in [3.05, 3.63) is 29.8 Å². The highest BCUT2D eigenvalue weighted by molar-refractivity contribution is 5.99. The van der Waals surface area contributed by atoms with E-state index in [1.165, 1.54) is 0 Å². The van der Waals surface area contributed by atoms with Gasteiger partial charge in [0.15, 0.2) is 17.1 Å². The molecule has 26 heavy (non-hydrogen) atoms. The Hall–Kier alpha value is -3.03. The molecule has 138 valence electrons. The third-order valence-corrected chi connectivity index (χ3v) is 4.83. The first kappa shape index (κ1) is 17.8. The summed E-state index contributed by atoms with van der Waals surface area (Å²) >= 11 is 0. The minimum Gasteiger partial charge on any atom is -0.497 e. The van der Waals surface area contributed by atoms with E-state index in [1.54, 1.807) is 43.2 Å². The van der Waals surface area contributed by atoms with Gasteiger partial charge in [-0.1, -0.05) is 5.16 Å². The topological polar surface area (TPSA) is 119 Å². The number of carboxylic acid groups (broad SMARTS) is 1. The molecule has 2 aromatic rings. The fourth-order valence-corrected chi connectivity index (χ4v) is 3.25. The number of carbonyl (C=O) groups is 2.